The highest BCUT2D eigenvalue weighted by atomic mass is 16.5. The van der Waals surface area contributed by atoms with Crippen LogP contribution in [0.3, 0.4) is 0 Å². The Balaban J connectivity index is 1.41. The fourth-order valence-electron chi connectivity index (χ4n) is 2.55. The maximum atomic E-state index is 11.9. The molecular weight excluding hydrogens is 330 g/mol. The van der Waals surface area contributed by atoms with E-state index in [2.05, 4.69) is 5.32 Å². The number of hydrogen-bond acceptors (Lipinski definition) is 4. The van der Waals surface area contributed by atoms with Gasteiger partial charge in [0.05, 0.1) is 13.7 Å². The van der Waals surface area contributed by atoms with Crippen LogP contribution < -0.4 is 19.5 Å². The van der Waals surface area contributed by atoms with Gasteiger partial charge in [0.2, 0.25) is 0 Å². The zero-order valence-electron chi connectivity index (χ0n) is 14.6. The number of carbonyl (C=O) groups is 1. The maximum Gasteiger partial charge on any atom is 0.258 e. The molecule has 0 spiro atoms. The second kappa shape index (κ2) is 8.76. The lowest BCUT2D eigenvalue weighted by atomic mass is 10.1. The second-order valence-corrected chi connectivity index (χ2v) is 5.65. The Morgan fingerprint density at radius 1 is 0.885 bits per heavy atom. The molecule has 0 heterocycles. The third-order valence-electron chi connectivity index (χ3n) is 3.84. The molecule has 26 heavy (non-hydrogen) atoms. The van der Waals surface area contributed by atoms with Gasteiger partial charge in [-0.05, 0) is 35.0 Å². The average Bonchev–Trinajstić information content (AvgIpc) is 2.69. The van der Waals surface area contributed by atoms with Crippen molar-refractivity contribution >= 4 is 16.7 Å². The summed E-state index contributed by atoms with van der Waals surface area (Å²) in [5, 5.41) is 4.98. The molecule has 134 valence electrons. The molecular formula is C21H21NO4. The van der Waals surface area contributed by atoms with Crippen molar-refractivity contribution in [2.75, 3.05) is 26.9 Å². The molecule has 0 fully saturated rings. The van der Waals surface area contributed by atoms with E-state index >= 15 is 0 Å². The monoisotopic (exact) mass is 351 g/mol. The SMILES string of the molecule is COc1ccccc1OCCNC(=O)COc1ccc2ccccc2c1. The molecule has 5 nitrogen and oxygen atoms in total. The number of methoxy groups -OCH3 is 1. The summed E-state index contributed by atoms with van der Waals surface area (Å²) in [4.78, 5) is 11.9. The lowest BCUT2D eigenvalue weighted by Gasteiger charge is -2.11. The number of carbonyl (C=O) groups excluding carboxylic acids is 1. The maximum absolute atomic E-state index is 11.9. The fourth-order valence-corrected chi connectivity index (χ4v) is 2.55. The van der Waals surface area contributed by atoms with Crippen LogP contribution in [-0.2, 0) is 4.79 Å². The lowest BCUT2D eigenvalue weighted by Crippen LogP contribution is -2.32. The van der Waals surface area contributed by atoms with E-state index in [1.165, 1.54) is 0 Å². The van der Waals surface area contributed by atoms with Crippen molar-refractivity contribution in [3.05, 3.63) is 66.7 Å². The van der Waals surface area contributed by atoms with Gasteiger partial charge in [-0.1, -0.05) is 42.5 Å². The van der Waals surface area contributed by atoms with E-state index < -0.39 is 0 Å². The minimum atomic E-state index is -0.193. The number of ether oxygens (including phenoxy) is 3. The first-order chi connectivity index (χ1) is 12.8. The first-order valence-electron chi connectivity index (χ1n) is 8.40. The molecule has 0 saturated heterocycles. The predicted molar refractivity (Wildman–Crippen MR) is 101 cm³/mol. The third kappa shape index (κ3) is 4.66. The number of benzene rings is 3. The molecule has 1 amide bonds. The molecule has 3 aromatic carbocycles. The van der Waals surface area contributed by atoms with E-state index in [1.807, 2.05) is 66.7 Å². The van der Waals surface area contributed by atoms with Crippen molar-refractivity contribution in [1.29, 1.82) is 0 Å². The van der Waals surface area contributed by atoms with Crippen LogP contribution in [0.5, 0.6) is 17.2 Å². The molecule has 0 atom stereocenters. The van der Waals surface area contributed by atoms with E-state index in [0.29, 0.717) is 30.4 Å². The van der Waals surface area contributed by atoms with Crippen LogP contribution in [0, 0.1) is 0 Å². The smallest absolute Gasteiger partial charge is 0.258 e. The Hall–Kier alpha value is -3.21. The molecule has 0 unspecified atom stereocenters. The normalized spacial score (nSPS) is 10.3. The quantitative estimate of drug-likeness (QED) is 0.632. The van der Waals surface area contributed by atoms with Gasteiger partial charge in [-0.3, -0.25) is 4.79 Å². The van der Waals surface area contributed by atoms with Crippen molar-refractivity contribution in [3.63, 3.8) is 0 Å². The van der Waals surface area contributed by atoms with E-state index in [0.717, 1.165) is 10.8 Å². The second-order valence-electron chi connectivity index (χ2n) is 5.65. The molecule has 1 N–H and O–H groups in total. The zero-order chi connectivity index (χ0) is 18.2. The summed E-state index contributed by atoms with van der Waals surface area (Å²) in [6.07, 6.45) is 0. The highest BCUT2D eigenvalue weighted by Crippen LogP contribution is 2.25. The summed E-state index contributed by atoms with van der Waals surface area (Å²) in [6.45, 7) is 0.701. The van der Waals surface area contributed by atoms with E-state index in [9.17, 15) is 4.79 Å². The van der Waals surface area contributed by atoms with Crippen LogP contribution >= 0.6 is 0 Å². The Morgan fingerprint density at radius 3 is 2.42 bits per heavy atom. The molecule has 5 heteroatoms. The van der Waals surface area contributed by atoms with Crippen molar-refractivity contribution in [2.24, 2.45) is 0 Å². The molecule has 3 aromatic rings. The Labute approximate surface area is 152 Å². The summed E-state index contributed by atoms with van der Waals surface area (Å²) < 4.78 is 16.4. The highest BCUT2D eigenvalue weighted by Gasteiger charge is 2.05. The van der Waals surface area contributed by atoms with Crippen LogP contribution in [0.2, 0.25) is 0 Å². The number of fused-ring (bicyclic) bond motifs is 1. The first kappa shape index (κ1) is 17.6. The standard InChI is InChI=1S/C21H21NO4/c1-24-19-8-4-5-9-20(19)25-13-12-22-21(23)15-26-18-11-10-16-6-2-3-7-17(16)14-18/h2-11,14H,12-13,15H2,1H3,(H,22,23). The molecule has 0 saturated carbocycles. The summed E-state index contributed by atoms with van der Waals surface area (Å²) >= 11 is 0. The molecule has 0 aromatic heterocycles. The van der Waals surface area contributed by atoms with Gasteiger partial charge in [-0.2, -0.15) is 0 Å². The van der Waals surface area contributed by atoms with Gasteiger partial charge in [-0.25, -0.2) is 0 Å². The van der Waals surface area contributed by atoms with Gasteiger partial charge in [0.15, 0.2) is 18.1 Å². The van der Waals surface area contributed by atoms with E-state index in [1.54, 1.807) is 7.11 Å². The van der Waals surface area contributed by atoms with Crippen LogP contribution in [0.4, 0.5) is 0 Å². The van der Waals surface area contributed by atoms with Gasteiger partial charge in [0.1, 0.15) is 12.4 Å². The van der Waals surface area contributed by atoms with Crippen molar-refractivity contribution in [2.45, 2.75) is 0 Å². The minimum Gasteiger partial charge on any atom is -0.493 e. The van der Waals surface area contributed by atoms with Crippen LogP contribution in [-0.4, -0.2) is 32.8 Å². The van der Waals surface area contributed by atoms with Crippen molar-refractivity contribution < 1.29 is 19.0 Å². The van der Waals surface area contributed by atoms with Gasteiger partial charge < -0.3 is 19.5 Å². The molecule has 0 aliphatic heterocycles. The van der Waals surface area contributed by atoms with Crippen LogP contribution in [0.25, 0.3) is 10.8 Å². The largest absolute Gasteiger partial charge is 0.493 e. The lowest BCUT2D eigenvalue weighted by molar-refractivity contribution is -0.123. The summed E-state index contributed by atoms with van der Waals surface area (Å²) in [5.41, 5.74) is 0. The fraction of sp³-hybridized carbons (Fsp3) is 0.190. The van der Waals surface area contributed by atoms with E-state index in [4.69, 9.17) is 14.2 Å². The molecule has 0 bridgehead atoms. The summed E-state index contributed by atoms with van der Waals surface area (Å²) in [7, 11) is 1.59. The number of para-hydroxylation sites is 2. The summed E-state index contributed by atoms with van der Waals surface area (Å²) in [5.74, 6) is 1.79. The Kier molecular flexibility index (Phi) is 5.93. The zero-order valence-corrected chi connectivity index (χ0v) is 14.6. The number of hydrogen-bond donors (Lipinski definition) is 1. The molecule has 3 rings (SSSR count). The Morgan fingerprint density at radius 2 is 1.62 bits per heavy atom. The molecule has 0 radical (unpaired) electrons. The Bertz CT molecular complexity index is 879. The van der Waals surface area contributed by atoms with Gasteiger partial charge >= 0.3 is 0 Å². The van der Waals surface area contributed by atoms with Crippen LogP contribution in [0.15, 0.2) is 66.7 Å². The number of rotatable bonds is 8. The summed E-state index contributed by atoms with van der Waals surface area (Å²) in [6, 6.07) is 21.2. The average molecular weight is 351 g/mol. The van der Waals surface area contributed by atoms with Gasteiger partial charge in [0, 0.05) is 0 Å². The topological polar surface area (TPSA) is 56.8 Å². The third-order valence-corrected chi connectivity index (χ3v) is 3.84. The molecule has 0 aliphatic rings. The van der Waals surface area contributed by atoms with E-state index in [-0.39, 0.29) is 12.5 Å². The number of nitrogens with one attached hydrogen (secondary N) is 1. The number of amides is 1. The van der Waals surface area contributed by atoms with Crippen LogP contribution in [0.1, 0.15) is 0 Å². The van der Waals surface area contributed by atoms with Gasteiger partial charge in [0.25, 0.3) is 5.91 Å². The van der Waals surface area contributed by atoms with Crippen molar-refractivity contribution in [3.8, 4) is 17.2 Å². The molecule has 0 aliphatic carbocycles. The van der Waals surface area contributed by atoms with Crippen molar-refractivity contribution in [1.82, 2.24) is 5.32 Å². The first-order valence-corrected chi connectivity index (χ1v) is 8.40. The predicted octanol–water partition coefficient (Wildman–Crippen LogP) is 3.42. The highest BCUT2D eigenvalue weighted by molar-refractivity contribution is 5.84. The van der Waals surface area contributed by atoms with Gasteiger partial charge in [-0.15, -0.1) is 0 Å². The minimum absolute atomic E-state index is 0.0347.